The largest absolute Gasteiger partial charge is 0.326 e. The highest BCUT2D eigenvalue weighted by atomic mass is 16.2. The van der Waals surface area contributed by atoms with E-state index in [2.05, 4.69) is 15.6 Å². The molecule has 0 atom stereocenters. The lowest BCUT2D eigenvalue weighted by atomic mass is 10.2. The zero-order valence-corrected chi connectivity index (χ0v) is 11.3. The van der Waals surface area contributed by atoms with Gasteiger partial charge in [-0.15, -0.1) is 0 Å². The average Bonchev–Trinajstić information content (AvgIpc) is 2.48. The molecule has 0 aliphatic rings. The molecule has 6 nitrogen and oxygen atoms in total. The van der Waals surface area contributed by atoms with Crippen molar-refractivity contribution in [3.05, 3.63) is 53.7 Å². The van der Waals surface area contributed by atoms with Gasteiger partial charge in [0.1, 0.15) is 6.07 Å². The van der Waals surface area contributed by atoms with Crippen LogP contribution in [0.3, 0.4) is 0 Å². The van der Waals surface area contributed by atoms with Crippen LogP contribution in [0.4, 0.5) is 11.5 Å². The molecule has 2 N–H and O–H groups in total. The maximum absolute atomic E-state index is 12.1. The standard InChI is InChI=1S/C15H12N4O2/c1-10(20)18-13-6-4-11(5-7-13)15(21)19-14-12(9-16)3-2-8-17-14/h2-8H,1H3,(H,18,20)(H,17,19,21). The first kappa shape index (κ1) is 14.2. The number of nitrogens with one attached hydrogen (secondary N) is 2. The van der Waals surface area contributed by atoms with Crippen LogP contribution in [-0.4, -0.2) is 16.8 Å². The number of hydrogen-bond acceptors (Lipinski definition) is 4. The van der Waals surface area contributed by atoms with Gasteiger partial charge in [0.25, 0.3) is 5.91 Å². The van der Waals surface area contributed by atoms with Gasteiger partial charge in [-0.3, -0.25) is 9.59 Å². The van der Waals surface area contributed by atoms with Gasteiger partial charge < -0.3 is 10.6 Å². The Morgan fingerprint density at radius 3 is 2.48 bits per heavy atom. The van der Waals surface area contributed by atoms with Crippen LogP contribution in [-0.2, 0) is 4.79 Å². The Hall–Kier alpha value is -3.20. The molecule has 6 heteroatoms. The number of carbonyl (C=O) groups excluding carboxylic acids is 2. The average molecular weight is 280 g/mol. The third-order valence-corrected chi connectivity index (χ3v) is 2.63. The van der Waals surface area contributed by atoms with Crippen LogP contribution < -0.4 is 10.6 Å². The van der Waals surface area contributed by atoms with Crippen molar-refractivity contribution in [1.82, 2.24) is 4.98 Å². The Kier molecular flexibility index (Phi) is 4.26. The Labute approximate surface area is 121 Å². The lowest BCUT2D eigenvalue weighted by molar-refractivity contribution is -0.114. The number of amides is 2. The van der Waals surface area contributed by atoms with Gasteiger partial charge in [-0.05, 0) is 36.4 Å². The van der Waals surface area contributed by atoms with Crippen molar-refractivity contribution in [3.8, 4) is 6.07 Å². The van der Waals surface area contributed by atoms with Crippen molar-refractivity contribution in [3.63, 3.8) is 0 Å². The van der Waals surface area contributed by atoms with Crippen LogP contribution in [0.1, 0.15) is 22.8 Å². The van der Waals surface area contributed by atoms with E-state index in [4.69, 9.17) is 5.26 Å². The van der Waals surface area contributed by atoms with E-state index >= 15 is 0 Å². The number of anilines is 2. The molecule has 2 rings (SSSR count). The highest BCUT2D eigenvalue weighted by molar-refractivity contribution is 6.04. The van der Waals surface area contributed by atoms with Gasteiger partial charge in [0.15, 0.2) is 5.82 Å². The van der Waals surface area contributed by atoms with E-state index in [1.807, 2.05) is 6.07 Å². The van der Waals surface area contributed by atoms with E-state index in [1.54, 1.807) is 36.4 Å². The molecule has 0 aliphatic heterocycles. The Bertz CT molecular complexity index is 717. The van der Waals surface area contributed by atoms with E-state index in [1.165, 1.54) is 13.1 Å². The summed E-state index contributed by atoms with van der Waals surface area (Å²) in [6.07, 6.45) is 1.50. The molecular formula is C15H12N4O2. The minimum atomic E-state index is -0.375. The predicted molar refractivity (Wildman–Crippen MR) is 77.7 cm³/mol. The summed E-state index contributed by atoms with van der Waals surface area (Å²) in [6.45, 7) is 1.41. The normalized spacial score (nSPS) is 9.52. The molecule has 0 radical (unpaired) electrons. The van der Waals surface area contributed by atoms with Crippen LogP contribution in [0.25, 0.3) is 0 Å². The monoisotopic (exact) mass is 280 g/mol. The molecule has 21 heavy (non-hydrogen) atoms. The third-order valence-electron chi connectivity index (χ3n) is 2.63. The molecule has 1 heterocycles. The van der Waals surface area contributed by atoms with E-state index < -0.39 is 0 Å². The van der Waals surface area contributed by atoms with Crippen LogP contribution in [0, 0.1) is 11.3 Å². The summed E-state index contributed by atoms with van der Waals surface area (Å²) in [5.74, 6) is -0.338. The van der Waals surface area contributed by atoms with Crippen molar-refractivity contribution in [2.24, 2.45) is 0 Å². The molecule has 0 bridgehead atoms. The SMILES string of the molecule is CC(=O)Nc1ccc(C(=O)Nc2ncccc2C#N)cc1. The second-order valence-corrected chi connectivity index (χ2v) is 4.22. The van der Waals surface area contributed by atoms with Crippen LogP contribution in [0.15, 0.2) is 42.6 Å². The lowest BCUT2D eigenvalue weighted by Crippen LogP contribution is -2.14. The van der Waals surface area contributed by atoms with Crippen molar-refractivity contribution >= 4 is 23.3 Å². The van der Waals surface area contributed by atoms with Crippen LogP contribution in [0.5, 0.6) is 0 Å². The summed E-state index contributed by atoms with van der Waals surface area (Å²) < 4.78 is 0. The number of hydrogen-bond donors (Lipinski definition) is 2. The topological polar surface area (TPSA) is 94.9 Å². The zero-order chi connectivity index (χ0) is 15.2. The summed E-state index contributed by atoms with van der Waals surface area (Å²) in [6, 6.07) is 11.6. The van der Waals surface area contributed by atoms with E-state index in [0.29, 0.717) is 16.8 Å². The molecular weight excluding hydrogens is 268 g/mol. The number of pyridine rings is 1. The maximum atomic E-state index is 12.1. The van der Waals surface area contributed by atoms with Crippen molar-refractivity contribution in [2.45, 2.75) is 6.92 Å². The number of benzene rings is 1. The van der Waals surface area contributed by atoms with Crippen molar-refractivity contribution in [1.29, 1.82) is 5.26 Å². The van der Waals surface area contributed by atoms with Gasteiger partial charge in [-0.2, -0.15) is 5.26 Å². The minimum absolute atomic E-state index is 0.181. The van der Waals surface area contributed by atoms with E-state index in [9.17, 15) is 9.59 Å². The number of aromatic nitrogens is 1. The Morgan fingerprint density at radius 1 is 1.14 bits per heavy atom. The zero-order valence-electron chi connectivity index (χ0n) is 11.3. The first-order valence-electron chi connectivity index (χ1n) is 6.14. The molecule has 2 amide bonds. The quantitative estimate of drug-likeness (QED) is 0.900. The number of carbonyl (C=O) groups is 2. The second kappa shape index (κ2) is 6.30. The van der Waals surface area contributed by atoms with Crippen LogP contribution >= 0.6 is 0 Å². The lowest BCUT2D eigenvalue weighted by Gasteiger charge is -2.07. The molecule has 1 aromatic heterocycles. The molecule has 0 saturated heterocycles. The molecule has 0 unspecified atom stereocenters. The van der Waals surface area contributed by atoms with Crippen molar-refractivity contribution < 1.29 is 9.59 Å². The molecule has 104 valence electrons. The minimum Gasteiger partial charge on any atom is -0.326 e. The summed E-state index contributed by atoms with van der Waals surface area (Å²) in [5.41, 5.74) is 1.30. The fraction of sp³-hybridized carbons (Fsp3) is 0.0667. The molecule has 0 saturated carbocycles. The Balaban J connectivity index is 2.14. The Morgan fingerprint density at radius 2 is 1.86 bits per heavy atom. The van der Waals surface area contributed by atoms with Gasteiger partial charge in [0.2, 0.25) is 5.91 Å². The van der Waals surface area contributed by atoms with Crippen LogP contribution in [0.2, 0.25) is 0 Å². The molecule has 0 fully saturated rings. The molecule has 0 spiro atoms. The number of nitrogens with zero attached hydrogens (tertiary/aromatic N) is 2. The van der Waals surface area contributed by atoms with Gasteiger partial charge in [0, 0.05) is 24.4 Å². The van der Waals surface area contributed by atoms with Gasteiger partial charge in [-0.25, -0.2) is 4.98 Å². The summed E-state index contributed by atoms with van der Waals surface area (Å²) in [4.78, 5) is 26.9. The van der Waals surface area contributed by atoms with E-state index in [-0.39, 0.29) is 17.6 Å². The summed E-state index contributed by atoms with van der Waals surface area (Å²) >= 11 is 0. The first-order chi connectivity index (χ1) is 10.1. The highest BCUT2D eigenvalue weighted by Gasteiger charge is 2.10. The molecule has 1 aromatic carbocycles. The third kappa shape index (κ3) is 3.64. The smallest absolute Gasteiger partial charge is 0.256 e. The van der Waals surface area contributed by atoms with Crippen molar-refractivity contribution in [2.75, 3.05) is 10.6 Å². The highest BCUT2D eigenvalue weighted by Crippen LogP contribution is 2.13. The van der Waals surface area contributed by atoms with Gasteiger partial charge in [-0.1, -0.05) is 0 Å². The van der Waals surface area contributed by atoms with E-state index in [0.717, 1.165) is 0 Å². The second-order valence-electron chi connectivity index (χ2n) is 4.22. The van der Waals surface area contributed by atoms with Gasteiger partial charge in [0.05, 0.1) is 5.56 Å². The first-order valence-corrected chi connectivity index (χ1v) is 6.14. The van der Waals surface area contributed by atoms with Gasteiger partial charge >= 0.3 is 0 Å². The molecule has 0 aliphatic carbocycles. The fourth-order valence-electron chi connectivity index (χ4n) is 1.68. The fourth-order valence-corrected chi connectivity index (χ4v) is 1.68. The summed E-state index contributed by atoms with van der Waals surface area (Å²) in [5, 5.41) is 14.1. The number of rotatable bonds is 3. The maximum Gasteiger partial charge on any atom is 0.256 e. The number of nitriles is 1. The summed E-state index contributed by atoms with van der Waals surface area (Å²) in [7, 11) is 0. The molecule has 2 aromatic rings. The predicted octanol–water partition coefficient (Wildman–Crippen LogP) is 2.16.